The highest BCUT2D eigenvalue weighted by molar-refractivity contribution is 5.93. The first-order chi connectivity index (χ1) is 14.1. The molecule has 29 heavy (non-hydrogen) atoms. The van der Waals surface area contributed by atoms with Gasteiger partial charge in [0.15, 0.2) is 0 Å². The van der Waals surface area contributed by atoms with Gasteiger partial charge in [0.05, 0.1) is 17.1 Å². The van der Waals surface area contributed by atoms with Gasteiger partial charge in [0.25, 0.3) is 0 Å². The number of hydrogen-bond donors (Lipinski definition) is 2. The van der Waals surface area contributed by atoms with Gasteiger partial charge in [-0.15, -0.1) is 0 Å². The van der Waals surface area contributed by atoms with Crippen molar-refractivity contribution in [1.82, 2.24) is 19.5 Å². The normalized spacial score (nSPS) is 14.8. The number of imidazole rings is 1. The van der Waals surface area contributed by atoms with Crippen molar-refractivity contribution in [2.75, 3.05) is 11.1 Å². The number of nitrogens with zero attached hydrogens (tertiary/aromatic N) is 4. The molecule has 0 aliphatic heterocycles. The zero-order valence-corrected chi connectivity index (χ0v) is 16.0. The predicted octanol–water partition coefficient (Wildman–Crippen LogP) is 4.72. The first kappa shape index (κ1) is 17.6. The largest absolute Gasteiger partial charge is 0.384 e. The Morgan fingerprint density at radius 1 is 1.14 bits per heavy atom. The maximum atomic E-state index is 15.0. The van der Waals surface area contributed by atoms with Crippen LogP contribution in [-0.2, 0) is 0 Å². The molecule has 6 nitrogen and oxygen atoms in total. The Kier molecular flexibility index (Phi) is 4.16. The van der Waals surface area contributed by atoms with Crippen molar-refractivity contribution < 1.29 is 4.39 Å². The maximum absolute atomic E-state index is 15.0. The average Bonchev–Trinajstić information content (AvgIpc) is 3.48. The van der Waals surface area contributed by atoms with Gasteiger partial charge in [0.1, 0.15) is 29.6 Å². The van der Waals surface area contributed by atoms with Crippen molar-refractivity contribution in [1.29, 1.82) is 0 Å². The van der Waals surface area contributed by atoms with E-state index in [1.807, 2.05) is 37.3 Å². The molecule has 3 N–H and O–H groups in total. The lowest BCUT2D eigenvalue weighted by molar-refractivity contribution is 0.629. The topological polar surface area (TPSA) is 81.7 Å². The Hall–Kier alpha value is -3.48. The van der Waals surface area contributed by atoms with Crippen molar-refractivity contribution in [3.8, 4) is 11.1 Å². The van der Waals surface area contributed by atoms with Crippen LogP contribution in [0.3, 0.4) is 0 Å². The van der Waals surface area contributed by atoms with E-state index in [2.05, 4.69) is 19.9 Å². The SMILES string of the molecule is C[C@H](Nc1cc(N)ncn1)c1nc2ccc(F)c(-c3ccccc3)c2n1C1CC1. The molecule has 1 aliphatic rings. The fourth-order valence-electron chi connectivity index (χ4n) is 3.81. The summed E-state index contributed by atoms with van der Waals surface area (Å²) >= 11 is 0. The van der Waals surface area contributed by atoms with E-state index >= 15 is 0 Å². The quantitative estimate of drug-likeness (QED) is 0.517. The van der Waals surface area contributed by atoms with Gasteiger partial charge in [0, 0.05) is 17.7 Å². The third-order valence-corrected chi connectivity index (χ3v) is 5.24. The van der Waals surface area contributed by atoms with Gasteiger partial charge >= 0.3 is 0 Å². The fraction of sp³-hybridized carbons (Fsp3) is 0.227. The van der Waals surface area contributed by atoms with Crippen molar-refractivity contribution >= 4 is 22.7 Å². The first-order valence-corrected chi connectivity index (χ1v) is 9.71. The van der Waals surface area contributed by atoms with Gasteiger partial charge in [-0.1, -0.05) is 30.3 Å². The van der Waals surface area contributed by atoms with Gasteiger partial charge < -0.3 is 15.6 Å². The molecule has 4 aromatic rings. The Morgan fingerprint density at radius 3 is 2.66 bits per heavy atom. The van der Waals surface area contributed by atoms with E-state index in [1.54, 1.807) is 12.1 Å². The van der Waals surface area contributed by atoms with Crippen molar-refractivity contribution in [3.63, 3.8) is 0 Å². The van der Waals surface area contributed by atoms with Crippen LogP contribution in [0.15, 0.2) is 54.9 Å². The molecule has 2 aromatic heterocycles. The summed E-state index contributed by atoms with van der Waals surface area (Å²) in [6.45, 7) is 2.02. The Balaban J connectivity index is 1.66. The fourth-order valence-corrected chi connectivity index (χ4v) is 3.81. The summed E-state index contributed by atoms with van der Waals surface area (Å²) in [4.78, 5) is 13.0. The highest BCUT2D eigenvalue weighted by Crippen LogP contribution is 2.43. The molecule has 0 saturated heterocycles. The Morgan fingerprint density at radius 2 is 1.93 bits per heavy atom. The van der Waals surface area contributed by atoms with Crippen molar-refractivity contribution in [2.45, 2.75) is 31.8 Å². The smallest absolute Gasteiger partial charge is 0.133 e. The van der Waals surface area contributed by atoms with E-state index < -0.39 is 0 Å². The number of hydrogen-bond acceptors (Lipinski definition) is 5. The van der Waals surface area contributed by atoms with E-state index in [1.165, 1.54) is 12.4 Å². The molecule has 1 aliphatic carbocycles. The minimum absolute atomic E-state index is 0.135. The highest BCUT2D eigenvalue weighted by atomic mass is 19.1. The predicted molar refractivity (Wildman–Crippen MR) is 112 cm³/mol. The first-order valence-electron chi connectivity index (χ1n) is 9.71. The third-order valence-electron chi connectivity index (χ3n) is 5.24. The molecule has 0 unspecified atom stereocenters. The lowest BCUT2D eigenvalue weighted by atomic mass is 10.0. The van der Waals surface area contributed by atoms with Crippen LogP contribution in [0.5, 0.6) is 0 Å². The monoisotopic (exact) mass is 388 g/mol. The second kappa shape index (κ2) is 6.84. The second-order valence-corrected chi connectivity index (χ2v) is 7.42. The maximum Gasteiger partial charge on any atom is 0.133 e. The summed E-state index contributed by atoms with van der Waals surface area (Å²) in [5.74, 6) is 1.66. The number of nitrogens with one attached hydrogen (secondary N) is 1. The molecule has 0 radical (unpaired) electrons. The highest BCUT2D eigenvalue weighted by Gasteiger charge is 2.32. The van der Waals surface area contributed by atoms with Crippen LogP contribution < -0.4 is 11.1 Å². The van der Waals surface area contributed by atoms with Crippen LogP contribution in [0.1, 0.15) is 37.7 Å². The van der Waals surface area contributed by atoms with E-state index in [4.69, 9.17) is 10.7 Å². The number of aromatic nitrogens is 4. The summed E-state index contributed by atoms with van der Waals surface area (Å²) in [6.07, 6.45) is 3.56. The molecule has 0 amide bonds. The van der Waals surface area contributed by atoms with Gasteiger partial charge in [-0.05, 0) is 37.5 Å². The van der Waals surface area contributed by atoms with Crippen LogP contribution in [0.25, 0.3) is 22.2 Å². The summed E-state index contributed by atoms with van der Waals surface area (Å²) in [7, 11) is 0. The number of halogens is 1. The van der Waals surface area contributed by atoms with E-state index in [-0.39, 0.29) is 11.9 Å². The van der Waals surface area contributed by atoms with Crippen molar-refractivity contribution in [3.05, 3.63) is 66.5 Å². The second-order valence-electron chi connectivity index (χ2n) is 7.42. The summed E-state index contributed by atoms with van der Waals surface area (Å²) in [5.41, 5.74) is 8.87. The van der Waals surface area contributed by atoms with E-state index in [0.717, 1.165) is 35.3 Å². The summed E-state index contributed by atoms with van der Waals surface area (Å²) < 4.78 is 17.2. The number of nitrogen functional groups attached to an aromatic ring is 1. The molecule has 7 heteroatoms. The van der Waals surface area contributed by atoms with Crippen LogP contribution >= 0.6 is 0 Å². The number of rotatable bonds is 5. The summed E-state index contributed by atoms with van der Waals surface area (Å²) in [5, 5.41) is 3.35. The van der Waals surface area contributed by atoms with E-state index in [9.17, 15) is 4.39 Å². The van der Waals surface area contributed by atoms with E-state index in [0.29, 0.717) is 23.2 Å². The minimum Gasteiger partial charge on any atom is -0.384 e. The van der Waals surface area contributed by atoms with Gasteiger partial charge in [-0.25, -0.2) is 19.3 Å². The lowest BCUT2D eigenvalue weighted by Gasteiger charge is -2.17. The zero-order chi connectivity index (χ0) is 20.0. The molecule has 1 fully saturated rings. The van der Waals surface area contributed by atoms with Crippen LogP contribution in [0.4, 0.5) is 16.0 Å². The molecule has 146 valence electrons. The Bertz CT molecular complexity index is 1180. The number of benzene rings is 2. The van der Waals surface area contributed by atoms with Crippen molar-refractivity contribution in [2.24, 2.45) is 0 Å². The lowest BCUT2D eigenvalue weighted by Crippen LogP contribution is -2.14. The molecule has 1 atom stereocenters. The molecule has 0 bridgehead atoms. The zero-order valence-electron chi connectivity index (χ0n) is 16.0. The molecule has 2 heterocycles. The van der Waals surface area contributed by atoms with Gasteiger partial charge in [-0.2, -0.15) is 0 Å². The average molecular weight is 388 g/mol. The van der Waals surface area contributed by atoms with Gasteiger partial charge in [-0.3, -0.25) is 0 Å². The number of nitrogens with two attached hydrogens (primary N) is 1. The molecule has 0 spiro atoms. The van der Waals surface area contributed by atoms with Crippen LogP contribution in [0, 0.1) is 5.82 Å². The van der Waals surface area contributed by atoms with Gasteiger partial charge in [0.2, 0.25) is 0 Å². The van der Waals surface area contributed by atoms with Crippen LogP contribution in [0.2, 0.25) is 0 Å². The Labute approximate surface area is 167 Å². The van der Waals surface area contributed by atoms with Crippen LogP contribution in [-0.4, -0.2) is 19.5 Å². The third kappa shape index (κ3) is 3.18. The molecular weight excluding hydrogens is 367 g/mol. The standard InChI is InChI=1S/C22H21FN6/c1-13(27-19-11-18(24)25-12-26-19)22-28-17-10-9-16(23)20(14-5-3-2-4-6-14)21(17)29(22)15-7-8-15/h2-6,9-13,15H,7-8H2,1H3,(H3,24,25,26,27)/t13-/m0/s1. The molecule has 1 saturated carbocycles. The number of anilines is 2. The molecular formula is C22H21FN6. The summed E-state index contributed by atoms with van der Waals surface area (Å²) in [6, 6.07) is 14.8. The molecule has 2 aromatic carbocycles. The number of fused-ring (bicyclic) bond motifs is 1. The minimum atomic E-state index is -0.235. The molecule has 5 rings (SSSR count).